The molecule has 1 aliphatic carbocycles. The van der Waals surface area contributed by atoms with E-state index < -0.39 is 5.97 Å². The molecule has 2 rings (SSSR count). The smallest absolute Gasteiger partial charge is 0.303 e. The molecule has 3 unspecified atom stereocenters. The highest BCUT2D eigenvalue weighted by Gasteiger charge is 2.27. The number of carboxylic acid groups (broad SMARTS) is 1. The summed E-state index contributed by atoms with van der Waals surface area (Å²) in [5, 5.41) is 12.7. The second-order valence-corrected chi connectivity index (χ2v) is 5.57. The molecule has 0 aromatic carbocycles. The Bertz CT molecular complexity index is 416. The van der Waals surface area contributed by atoms with Crippen molar-refractivity contribution in [1.82, 2.24) is 10.1 Å². The number of aromatic nitrogens is 2. The lowest BCUT2D eigenvalue weighted by molar-refractivity contribution is -0.137. The van der Waals surface area contributed by atoms with Gasteiger partial charge in [0.25, 0.3) is 0 Å². The number of hydrogen-bond donors (Lipinski definition) is 1. The van der Waals surface area contributed by atoms with Crippen LogP contribution in [0.4, 0.5) is 0 Å². The maximum absolute atomic E-state index is 10.6. The Morgan fingerprint density at radius 2 is 2.33 bits per heavy atom. The average Bonchev–Trinajstić information content (AvgIpc) is 2.85. The van der Waals surface area contributed by atoms with Gasteiger partial charge in [-0.05, 0) is 31.1 Å². The highest BCUT2D eigenvalue weighted by molar-refractivity contribution is 5.66. The molecule has 100 valence electrons. The molecule has 0 spiro atoms. The van der Waals surface area contributed by atoms with Crippen LogP contribution in [0, 0.1) is 11.8 Å². The molecular weight excluding hydrogens is 232 g/mol. The molecule has 18 heavy (non-hydrogen) atoms. The minimum Gasteiger partial charge on any atom is -0.481 e. The molecular formula is C13H20N2O3. The van der Waals surface area contributed by atoms with Crippen LogP contribution in [-0.2, 0) is 11.2 Å². The van der Waals surface area contributed by atoms with Gasteiger partial charge in [-0.3, -0.25) is 4.79 Å². The first-order chi connectivity index (χ1) is 8.54. The maximum atomic E-state index is 10.6. The topological polar surface area (TPSA) is 76.2 Å². The highest BCUT2D eigenvalue weighted by atomic mass is 16.5. The predicted molar refractivity (Wildman–Crippen MR) is 65.2 cm³/mol. The van der Waals surface area contributed by atoms with Gasteiger partial charge < -0.3 is 9.63 Å². The Morgan fingerprint density at radius 3 is 2.94 bits per heavy atom. The van der Waals surface area contributed by atoms with Gasteiger partial charge >= 0.3 is 5.97 Å². The molecule has 0 aliphatic heterocycles. The normalized spacial score (nSPS) is 25.2. The molecule has 0 amide bonds. The van der Waals surface area contributed by atoms with E-state index in [4.69, 9.17) is 9.63 Å². The van der Waals surface area contributed by atoms with Crippen molar-refractivity contribution >= 4 is 5.97 Å². The summed E-state index contributed by atoms with van der Waals surface area (Å²) >= 11 is 0. The van der Waals surface area contributed by atoms with E-state index in [1.54, 1.807) is 0 Å². The van der Waals surface area contributed by atoms with E-state index in [1.807, 2.05) is 6.92 Å². The van der Waals surface area contributed by atoms with E-state index in [1.165, 1.54) is 6.42 Å². The summed E-state index contributed by atoms with van der Waals surface area (Å²) < 4.78 is 5.21. The quantitative estimate of drug-likeness (QED) is 0.871. The van der Waals surface area contributed by atoms with Gasteiger partial charge in [0.1, 0.15) is 0 Å². The monoisotopic (exact) mass is 252 g/mol. The molecule has 0 bridgehead atoms. The van der Waals surface area contributed by atoms with Crippen LogP contribution >= 0.6 is 0 Å². The molecule has 1 heterocycles. The van der Waals surface area contributed by atoms with Crippen molar-refractivity contribution in [2.24, 2.45) is 11.8 Å². The van der Waals surface area contributed by atoms with Gasteiger partial charge in [-0.15, -0.1) is 0 Å². The fourth-order valence-electron chi connectivity index (χ4n) is 2.63. The Balaban J connectivity index is 1.91. The zero-order valence-corrected chi connectivity index (χ0v) is 10.9. The summed E-state index contributed by atoms with van der Waals surface area (Å²) in [6, 6.07) is 0. The van der Waals surface area contributed by atoms with Crippen LogP contribution < -0.4 is 0 Å². The zero-order valence-electron chi connectivity index (χ0n) is 10.9. The van der Waals surface area contributed by atoms with Crippen molar-refractivity contribution in [2.45, 2.75) is 51.9 Å². The van der Waals surface area contributed by atoms with Gasteiger partial charge in [-0.25, -0.2) is 0 Å². The highest BCUT2D eigenvalue weighted by Crippen LogP contribution is 2.36. The molecule has 0 saturated heterocycles. The van der Waals surface area contributed by atoms with Crippen LogP contribution in [-0.4, -0.2) is 21.2 Å². The lowest BCUT2D eigenvalue weighted by atomic mass is 10.0. The predicted octanol–water partition coefficient (Wildman–Crippen LogP) is 2.63. The van der Waals surface area contributed by atoms with Crippen LogP contribution in [0.15, 0.2) is 4.52 Å². The first kappa shape index (κ1) is 13.1. The van der Waals surface area contributed by atoms with E-state index >= 15 is 0 Å². The van der Waals surface area contributed by atoms with Crippen LogP contribution in [0.1, 0.15) is 57.2 Å². The lowest BCUT2D eigenvalue weighted by Gasteiger charge is -2.04. The number of carboxylic acids is 1. The molecule has 1 saturated carbocycles. The number of nitrogens with zero attached hydrogens (tertiary/aromatic N) is 2. The van der Waals surface area contributed by atoms with Gasteiger partial charge in [-0.2, -0.15) is 4.98 Å². The van der Waals surface area contributed by atoms with Gasteiger partial charge in [0.05, 0.1) is 0 Å². The second-order valence-electron chi connectivity index (χ2n) is 5.57. The van der Waals surface area contributed by atoms with Gasteiger partial charge in [0, 0.05) is 18.8 Å². The van der Waals surface area contributed by atoms with E-state index in [2.05, 4.69) is 17.1 Å². The van der Waals surface area contributed by atoms with Crippen LogP contribution in [0.5, 0.6) is 0 Å². The van der Waals surface area contributed by atoms with Crippen molar-refractivity contribution in [3.05, 3.63) is 11.7 Å². The molecule has 3 atom stereocenters. The van der Waals surface area contributed by atoms with Crippen LogP contribution in [0.2, 0.25) is 0 Å². The third-order valence-electron chi connectivity index (χ3n) is 3.59. The Kier molecular flexibility index (Phi) is 3.99. The average molecular weight is 252 g/mol. The number of carbonyl (C=O) groups is 1. The maximum Gasteiger partial charge on any atom is 0.303 e. The van der Waals surface area contributed by atoms with Crippen molar-refractivity contribution in [3.63, 3.8) is 0 Å². The first-order valence-electron chi connectivity index (χ1n) is 6.59. The molecule has 5 heteroatoms. The Labute approximate surface area is 107 Å². The van der Waals surface area contributed by atoms with Crippen LogP contribution in [0.3, 0.4) is 0 Å². The minimum atomic E-state index is -0.785. The van der Waals surface area contributed by atoms with Crippen molar-refractivity contribution in [1.29, 1.82) is 0 Å². The molecule has 0 radical (unpaired) electrons. The Morgan fingerprint density at radius 1 is 1.56 bits per heavy atom. The molecule has 1 aromatic heterocycles. The number of hydrogen-bond acceptors (Lipinski definition) is 4. The third kappa shape index (κ3) is 3.31. The van der Waals surface area contributed by atoms with Crippen molar-refractivity contribution < 1.29 is 14.4 Å². The summed E-state index contributed by atoms with van der Waals surface area (Å²) in [6.07, 6.45) is 4.16. The fraction of sp³-hybridized carbons (Fsp3) is 0.769. The van der Waals surface area contributed by atoms with E-state index in [0.717, 1.165) is 24.6 Å². The summed E-state index contributed by atoms with van der Waals surface area (Å²) in [4.78, 5) is 15.0. The van der Waals surface area contributed by atoms with Gasteiger partial charge in [-0.1, -0.05) is 19.0 Å². The van der Waals surface area contributed by atoms with Crippen molar-refractivity contribution in [2.75, 3.05) is 0 Å². The van der Waals surface area contributed by atoms with Crippen LogP contribution in [0.25, 0.3) is 0 Å². The van der Waals surface area contributed by atoms with Gasteiger partial charge in [0.15, 0.2) is 5.82 Å². The van der Waals surface area contributed by atoms with E-state index in [0.29, 0.717) is 18.2 Å². The molecule has 5 nitrogen and oxygen atoms in total. The fourth-order valence-corrected chi connectivity index (χ4v) is 2.63. The molecule has 1 fully saturated rings. The summed E-state index contributed by atoms with van der Waals surface area (Å²) in [5.41, 5.74) is 0. The van der Waals surface area contributed by atoms with E-state index in [-0.39, 0.29) is 12.3 Å². The minimum absolute atomic E-state index is 0.0262. The number of rotatable bonds is 5. The number of aliphatic carboxylic acids is 1. The summed E-state index contributed by atoms with van der Waals surface area (Å²) in [6.45, 7) is 4.13. The summed E-state index contributed by atoms with van der Waals surface area (Å²) in [7, 11) is 0. The SMILES string of the molecule is CC(CC(=O)O)Cc1nc(C2CCC(C)C2)no1. The molecule has 1 N–H and O–H groups in total. The Hall–Kier alpha value is -1.39. The zero-order chi connectivity index (χ0) is 13.1. The lowest BCUT2D eigenvalue weighted by Crippen LogP contribution is -2.07. The molecule has 1 aromatic rings. The summed E-state index contributed by atoms with van der Waals surface area (Å²) in [5.74, 6) is 1.77. The first-order valence-corrected chi connectivity index (χ1v) is 6.59. The third-order valence-corrected chi connectivity index (χ3v) is 3.59. The standard InChI is InChI=1S/C13H20N2O3/c1-8-3-4-10(5-8)13-14-11(18-15-13)6-9(2)7-12(16)17/h8-10H,3-7H2,1-2H3,(H,16,17). The largest absolute Gasteiger partial charge is 0.481 e. The van der Waals surface area contributed by atoms with E-state index in [9.17, 15) is 4.79 Å². The second kappa shape index (κ2) is 5.50. The molecule has 1 aliphatic rings. The van der Waals surface area contributed by atoms with Crippen molar-refractivity contribution in [3.8, 4) is 0 Å². The van der Waals surface area contributed by atoms with Gasteiger partial charge in [0.2, 0.25) is 5.89 Å².